The van der Waals surface area contributed by atoms with Gasteiger partial charge in [-0.15, -0.1) is 0 Å². The minimum atomic E-state index is -1.00. The fourth-order valence-electron chi connectivity index (χ4n) is 1.90. The van der Waals surface area contributed by atoms with Gasteiger partial charge in [0.1, 0.15) is 5.60 Å². The fraction of sp³-hybridized carbons (Fsp3) is 0.875. The van der Waals surface area contributed by atoms with E-state index in [-0.39, 0.29) is 29.5 Å². The van der Waals surface area contributed by atoms with Gasteiger partial charge >= 0.3 is 11.9 Å². The topological polar surface area (TPSA) is 63.6 Å². The highest BCUT2D eigenvalue weighted by molar-refractivity contribution is 8.33. The van der Waals surface area contributed by atoms with E-state index in [4.69, 9.17) is 9.84 Å². The Hall–Kier alpha value is -0.710. The summed E-state index contributed by atoms with van der Waals surface area (Å²) in [5, 5.41) is 9.09. The minimum absolute atomic E-state index is 0.0196. The van der Waals surface area contributed by atoms with Crippen molar-refractivity contribution in [3.63, 3.8) is 0 Å². The van der Waals surface area contributed by atoms with E-state index in [1.807, 2.05) is 20.8 Å². The summed E-state index contributed by atoms with van der Waals surface area (Å²) in [7, 11) is -1.00. The van der Waals surface area contributed by atoms with Crippen molar-refractivity contribution in [1.29, 1.82) is 0 Å². The van der Waals surface area contributed by atoms with Crippen molar-refractivity contribution in [1.82, 2.24) is 0 Å². The van der Waals surface area contributed by atoms with Crippen molar-refractivity contribution in [3.05, 3.63) is 0 Å². The van der Waals surface area contributed by atoms with E-state index in [9.17, 15) is 9.59 Å². The van der Waals surface area contributed by atoms with Gasteiger partial charge in [-0.2, -0.15) is 0 Å². The van der Waals surface area contributed by atoms with E-state index in [1.165, 1.54) is 0 Å². The summed E-state index contributed by atoms with van der Waals surface area (Å²) in [6, 6.07) is 0. The Morgan fingerprint density at radius 1 is 1.05 bits per heavy atom. The van der Waals surface area contributed by atoms with Gasteiger partial charge in [0.2, 0.25) is 0 Å². The van der Waals surface area contributed by atoms with Crippen molar-refractivity contribution in [2.24, 2.45) is 5.92 Å². The van der Waals surface area contributed by atoms with Crippen molar-refractivity contribution < 1.29 is 19.4 Å². The Labute approximate surface area is 131 Å². The lowest BCUT2D eigenvalue weighted by atomic mass is 10.0. The van der Waals surface area contributed by atoms with Gasteiger partial charge < -0.3 is 9.84 Å². The van der Waals surface area contributed by atoms with Crippen molar-refractivity contribution >= 4 is 22.0 Å². The number of hydrogen-bond acceptors (Lipinski definition) is 3. The standard InChI is InChI=1S/C16H32O4S/c1-15(2,3)20-14(19)10-12(9-13(17)18)11-21(7,8)16(4,5)6/h12H,9-11H2,1-8H3,(H,17,18)/t12-/m1/s1. The Balaban J connectivity index is 4.90. The highest BCUT2D eigenvalue weighted by atomic mass is 32.3. The average Bonchev–Trinajstić information content (AvgIpc) is 2.08. The largest absolute Gasteiger partial charge is 0.481 e. The number of esters is 1. The van der Waals surface area contributed by atoms with Crippen LogP contribution in [0.5, 0.6) is 0 Å². The summed E-state index contributed by atoms with van der Waals surface area (Å²) in [6.45, 7) is 12.0. The van der Waals surface area contributed by atoms with Gasteiger partial charge in [0, 0.05) is 12.8 Å². The summed E-state index contributed by atoms with van der Waals surface area (Å²) in [6.07, 6.45) is 4.61. The quantitative estimate of drug-likeness (QED) is 0.758. The molecule has 0 unspecified atom stereocenters. The molecule has 4 nitrogen and oxygen atoms in total. The molecule has 0 spiro atoms. The van der Waals surface area contributed by atoms with Crippen LogP contribution in [-0.4, -0.2) is 45.7 Å². The number of carboxylic acids is 1. The third-order valence-electron chi connectivity index (χ3n) is 3.65. The number of carbonyl (C=O) groups is 2. The Bertz CT molecular complexity index is 375. The summed E-state index contributed by atoms with van der Waals surface area (Å²) >= 11 is 0. The van der Waals surface area contributed by atoms with Gasteiger partial charge in [0.05, 0.1) is 0 Å². The lowest BCUT2D eigenvalue weighted by Crippen LogP contribution is -2.32. The lowest BCUT2D eigenvalue weighted by Gasteiger charge is -2.46. The minimum Gasteiger partial charge on any atom is -0.481 e. The molecule has 0 aromatic carbocycles. The first kappa shape index (κ1) is 20.3. The second-order valence-corrected chi connectivity index (χ2v) is 12.7. The number of carbonyl (C=O) groups excluding carboxylic acids is 1. The van der Waals surface area contributed by atoms with E-state index in [1.54, 1.807) is 0 Å². The molecule has 5 heteroatoms. The van der Waals surface area contributed by atoms with Crippen LogP contribution in [0.25, 0.3) is 0 Å². The first-order chi connectivity index (χ1) is 9.14. The Morgan fingerprint density at radius 3 is 1.86 bits per heavy atom. The number of hydrogen-bond donors (Lipinski definition) is 1. The van der Waals surface area contributed by atoms with Crippen LogP contribution in [0.1, 0.15) is 54.4 Å². The van der Waals surface area contributed by atoms with E-state index >= 15 is 0 Å². The van der Waals surface area contributed by atoms with Crippen molar-refractivity contribution in [2.75, 3.05) is 18.3 Å². The third-order valence-corrected chi connectivity index (χ3v) is 8.27. The molecular weight excluding hydrogens is 288 g/mol. The summed E-state index contributed by atoms with van der Waals surface area (Å²) < 4.78 is 5.45. The molecule has 0 bridgehead atoms. The van der Waals surface area contributed by atoms with Crippen LogP contribution in [-0.2, 0) is 14.3 Å². The number of rotatable bonds is 6. The number of ether oxygens (including phenoxy) is 1. The molecule has 126 valence electrons. The zero-order chi connectivity index (χ0) is 17.1. The predicted molar refractivity (Wildman–Crippen MR) is 90.3 cm³/mol. The van der Waals surface area contributed by atoms with E-state index in [0.29, 0.717) is 0 Å². The van der Waals surface area contributed by atoms with E-state index in [2.05, 4.69) is 33.3 Å². The normalized spacial score (nSPS) is 15.4. The maximum Gasteiger partial charge on any atom is 0.306 e. The molecule has 21 heavy (non-hydrogen) atoms. The molecular formula is C16H32O4S. The molecule has 1 atom stereocenters. The van der Waals surface area contributed by atoms with Crippen LogP contribution >= 0.6 is 10.0 Å². The molecule has 0 aromatic rings. The van der Waals surface area contributed by atoms with E-state index < -0.39 is 21.6 Å². The first-order valence-corrected chi connectivity index (χ1v) is 9.90. The smallest absolute Gasteiger partial charge is 0.306 e. The van der Waals surface area contributed by atoms with Gasteiger partial charge in [-0.25, -0.2) is 10.0 Å². The molecule has 0 radical (unpaired) electrons. The molecule has 0 aromatic heterocycles. The SMILES string of the molecule is CC(C)(C)OC(=O)C[C@@H](CC(=O)O)CS(C)(C)C(C)(C)C. The Morgan fingerprint density at radius 2 is 1.52 bits per heavy atom. The highest BCUT2D eigenvalue weighted by Gasteiger charge is 2.32. The second-order valence-electron chi connectivity index (χ2n) is 8.07. The molecule has 0 amide bonds. The van der Waals surface area contributed by atoms with Gasteiger partial charge in [-0.1, -0.05) is 20.8 Å². The van der Waals surface area contributed by atoms with Crippen molar-refractivity contribution in [3.8, 4) is 0 Å². The summed E-state index contributed by atoms with van der Waals surface area (Å²) in [5.41, 5.74) is -0.530. The molecule has 0 saturated carbocycles. The average molecular weight is 320 g/mol. The van der Waals surface area contributed by atoms with E-state index in [0.717, 1.165) is 5.75 Å². The molecule has 0 fully saturated rings. The molecule has 0 rings (SSSR count). The third kappa shape index (κ3) is 8.34. The van der Waals surface area contributed by atoms with Gasteiger partial charge in [0.15, 0.2) is 0 Å². The maximum absolute atomic E-state index is 12.0. The molecule has 0 saturated heterocycles. The highest BCUT2D eigenvalue weighted by Crippen LogP contribution is 2.54. The monoisotopic (exact) mass is 320 g/mol. The summed E-state index contributed by atoms with van der Waals surface area (Å²) in [4.78, 5) is 23.0. The lowest BCUT2D eigenvalue weighted by molar-refractivity contribution is -0.156. The molecule has 0 aliphatic heterocycles. The van der Waals surface area contributed by atoms with Gasteiger partial charge in [-0.3, -0.25) is 9.59 Å². The zero-order valence-corrected chi connectivity index (χ0v) is 15.6. The van der Waals surface area contributed by atoms with Crippen LogP contribution in [0.4, 0.5) is 0 Å². The molecule has 0 heterocycles. The van der Waals surface area contributed by atoms with Gasteiger partial charge in [0.25, 0.3) is 0 Å². The van der Waals surface area contributed by atoms with Crippen LogP contribution in [0.3, 0.4) is 0 Å². The van der Waals surface area contributed by atoms with Crippen LogP contribution in [0, 0.1) is 5.92 Å². The number of aliphatic carboxylic acids is 1. The second kappa shape index (κ2) is 7.03. The first-order valence-electron chi connectivity index (χ1n) is 7.28. The maximum atomic E-state index is 12.0. The fourth-order valence-corrected chi connectivity index (χ4v) is 3.81. The molecule has 0 aliphatic rings. The van der Waals surface area contributed by atoms with Gasteiger partial charge in [-0.05, 0) is 49.7 Å². The summed E-state index contributed by atoms with van der Waals surface area (Å²) in [5.74, 6) is -0.561. The van der Waals surface area contributed by atoms with Crippen LogP contribution < -0.4 is 0 Å². The van der Waals surface area contributed by atoms with Crippen LogP contribution in [0.15, 0.2) is 0 Å². The van der Waals surface area contributed by atoms with Crippen molar-refractivity contribution in [2.45, 2.75) is 64.7 Å². The predicted octanol–water partition coefficient (Wildman–Crippen LogP) is 3.67. The molecule has 1 N–H and O–H groups in total. The molecule has 0 aliphatic carbocycles. The number of carboxylic acid groups (broad SMARTS) is 1. The Kier molecular flexibility index (Phi) is 6.80. The van der Waals surface area contributed by atoms with Crippen LogP contribution in [0.2, 0.25) is 0 Å². The zero-order valence-electron chi connectivity index (χ0n) is 14.8.